The summed E-state index contributed by atoms with van der Waals surface area (Å²) in [5, 5.41) is 15.9. The van der Waals surface area contributed by atoms with Crippen LogP contribution in [0, 0.1) is 11.3 Å². The third-order valence-corrected chi connectivity index (χ3v) is 4.47. The maximum absolute atomic E-state index is 12.2. The molecule has 0 aromatic rings. The summed E-state index contributed by atoms with van der Waals surface area (Å²) in [6, 6.07) is -0.0717. The van der Waals surface area contributed by atoms with Crippen LogP contribution in [-0.4, -0.2) is 36.2 Å². The van der Waals surface area contributed by atoms with Gasteiger partial charge in [-0.2, -0.15) is 0 Å². The molecule has 1 saturated carbocycles. The van der Waals surface area contributed by atoms with Crippen molar-refractivity contribution in [2.24, 2.45) is 11.3 Å². The van der Waals surface area contributed by atoms with Gasteiger partial charge in [-0.3, -0.25) is 4.79 Å². The summed E-state index contributed by atoms with van der Waals surface area (Å²) >= 11 is 0. The molecular formula is C14H26N2O2. The second-order valence-electron chi connectivity index (χ2n) is 6.56. The Labute approximate surface area is 110 Å². The Bertz CT molecular complexity index is 304. The van der Waals surface area contributed by atoms with Crippen LogP contribution < -0.4 is 10.6 Å². The summed E-state index contributed by atoms with van der Waals surface area (Å²) in [5.74, 6) is 0.580. The minimum absolute atomic E-state index is 0.0392. The third kappa shape index (κ3) is 3.23. The van der Waals surface area contributed by atoms with E-state index in [0.29, 0.717) is 12.5 Å². The van der Waals surface area contributed by atoms with Gasteiger partial charge in [-0.05, 0) is 50.0 Å². The van der Waals surface area contributed by atoms with Crippen LogP contribution in [0.15, 0.2) is 0 Å². The minimum atomic E-state index is -0.156. The van der Waals surface area contributed by atoms with E-state index in [2.05, 4.69) is 24.5 Å². The van der Waals surface area contributed by atoms with Crippen molar-refractivity contribution in [2.45, 2.75) is 58.1 Å². The van der Waals surface area contributed by atoms with E-state index in [9.17, 15) is 9.90 Å². The van der Waals surface area contributed by atoms with Crippen LogP contribution in [0.25, 0.3) is 0 Å². The fraction of sp³-hybridized carbons (Fsp3) is 0.929. The van der Waals surface area contributed by atoms with Crippen molar-refractivity contribution in [1.29, 1.82) is 0 Å². The molecule has 1 heterocycles. The smallest absolute Gasteiger partial charge is 0.237 e. The van der Waals surface area contributed by atoms with Gasteiger partial charge in [-0.1, -0.05) is 13.8 Å². The van der Waals surface area contributed by atoms with Crippen LogP contribution in [0.5, 0.6) is 0 Å². The molecule has 0 bridgehead atoms. The quantitative estimate of drug-likeness (QED) is 0.705. The summed E-state index contributed by atoms with van der Waals surface area (Å²) in [5.41, 5.74) is 0.0392. The van der Waals surface area contributed by atoms with Crippen molar-refractivity contribution in [3.05, 3.63) is 0 Å². The number of hydrogen-bond donors (Lipinski definition) is 3. The monoisotopic (exact) mass is 254 g/mol. The highest BCUT2D eigenvalue weighted by atomic mass is 16.3. The second kappa shape index (κ2) is 5.57. The van der Waals surface area contributed by atoms with E-state index in [4.69, 9.17) is 0 Å². The summed E-state index contributed by atoms with van der Waals surface area (Å²) < 4.78 is 0. The van der Waals surface area contributed by atoms with Gasteiger partial charge >= 0.3 is 0 Å². The van der Waals surface area contributed by atoms with Gasteiger partial charge in [0, 0.05) is 6.54 Å². The molecule has 1 saturated heterocycles. The molecule has 0 spiro atoms. The van der Waals surface area contributed by atoms with Crippen molar-refractivity contribution >= 4 is 5.91 Å². The van der Waals surface area contributed by atoms with Crippen LogP contribution in [0.4, 0.5) is 0 Å². The molecule has 4 nitrogen and oxygen atoms in total. The first-order valence-electron chi connectivity index (χ1n) is 7.18. The predicted molar refractivity (Wildman–Crippen MR) is 71.2 cm³/mol. The maximum Gasteiger partial charge on any atom is 0.237 e. The number of aliphatic hydroxyl groups is 1. The maximum atomic E-state index is 12.2. The molecule has 2 rings (SSSR count). The fourth-order valence-corrected chi connectivity index (χ4v) is 3.24. The lowest BCUT2D eigenvalue weighted by Crippen LogP contribution is -2.56. The van der Waals surface area contributed by atoms with E-state index in [-0.39, 0.29) is 23.5 Å². The zero-order valence-electron chi connectivity index (χ0n) is 11.5. The molecular weight excluding hydrogens is 228 g/mol. The van der Waals surface area contributed by atoms with Gasteiger partial charge in [0.15, 0.2) is 0 Å². The van der Waals surface area contributed by atoms with Gasteiger partial charge in [0.05, 0.1) is 12.1 Å². The number of aliphatic hydroxyl groups excluding tert-OH is 1. The van der Waals surface area contributed by atoms with Gasteiger partial charge in [-0.25, -0.2) is 0 Å². The first-order chi connectivity index (χ1) is 8.49. The number of hydrogen-bond acceptors (Lipinski definition) is 3. The van der Waals surface area contributed by atoms with Gasteiger partial charge in [0.25, 0.3) is 0 Å². The van der Waals surface area contributed by atoms with Crippen LogP contribution in [0.2, 0.25) is 0 Å². The SMILES string of the molecule is CC1(C)CCCNC1C(=O)NCC1CCC(O)C1. The standard InChI is InChI=1S/C14H26N2O2/c1-14(2)6-3-7-15-12(14)13(18)16-9-10-4-5-11(17)8-10/h10-12,15,17H,3-9H2,1-2H3,(H,16,18). The average molecular weight is 254 g/mol. The van der Waals surface area contributed by atoms with E-state index in [1.807, 2.05) is 0 Å². The molecule has 2 aliphatic rings. The number of rotatable bonds is 3. The Kier molecular flexibility index (Phi) is 4.28. The van der Waals surface area contributed by atoms with E-state index in [1.165, 1.54) is 0 Å². The zero-order valence-corrected chi connectivity index (χ0v) is 11.5. The van der Waals surface area contributed by atoms with E-state index in [1.54, 1.807) is 0 Å². The van der Waals surface area contributed by atoms with Crippen molar-refractivity contribution < 1.29 is 9.90 Å². The highest BCUT2D eigenvalue weighted by molar-refractivity contribution is 5.82. The molecule has 3 atom stereocenters. The molecule has 2 fully saturated rings. The van der Waals surface area contributed by atoms with Crippen molar-refractivity contribution in [2.75, 3.05) is 13.1 Å². The van der Waals surface area contributed by atoms with E-state index < -0.39 is 0 Å². The normalized spacial score (nSPS) is 35.4. The average Bonchev–Trinajstić information content (AvgIpc) is 2.71. The fourth-order valence-electron chi connectivity index (χ4n) is 3.24. The highest BCUT2D eigenvalue weighted by Crippen LogP contribution is 2.30. The summed E-state index contributed by atoms with van der Waals surface area (Å²) in [6.45, 7) is 5.96. The Hall–Kier alpha value is -0.610. The van der Waals surface area contributed by atoms with E-state index in [0.717, 1.165) is 38.6 Å². The largest absolute Gasteiger partial charge is 0.393 e. The van der Waals surface area contributed by atoms with Gasteiger partial charge < -0.3 is 15.7 Å². The molecule has 4 heteroatoms. The minimum Gasteiger partial charge on any atom is -0.393 e. The topological polar surface area (TPSA) is 61.4 Å². The van der Waals surface area contributed by atoms with Crippen LogP contribution >= 0.6 is 0 Å². The summed E-state index contributed by atoms with van der Waals surface area (Å²) in [4.78, 5) is 12.2. The first-order valence-corrected chi connectivity index (χ1v) is 7.18. The highest BCUT2D eigenvalue weighted by Gasteiger charge is 2.37. The Morgan fingerprint density at radius 1 is 1.44 bits per heavy atom. The molecule has 104 valence electrons. The lowest BCUT2D eigenvalue weighted by Gasteiger charge is -2.38. The van der Waals surface area contributed by atoms with Gasteiger partial charge in [0.1, 0.15) is 0 Å². The third-order valence-electron chi connectivity index (χ3n) is 4.47. The van der Waals surface area contributed by atoms with E-state index >= 15 is 0 Å². The summed E-state index contributed by atoms with van der Waals surface area (Å²) in [6.07, 6.45) is 4.83. The number of nitrogens with one attached hydrogen (secondary N) is 2. The molecule has 3 unspecified atom stereocenters. The molecule has 1 aliphatic carbocycles. The Balaban J connectivity index is 1.80. The first kappa shape index (κ1) is 13.8. The second-order valence-corrected chi connectivity index (χ2v) is 6.56. The van der Waals surface area contributed by atoms with Crippen LogP contribution in [-0.2, 0) is 4.79 Å². The van der Waals surface area contributed by atoms with Crippen molar-refractivity contribution in [3.8, 4) is 0 Å². The molecule has 0 aromatic heterocycles. The Morgan fingerprint density at radius 2 is 2.22 bits per heavy atom. The number of carbonyl (C=O) groups excluding carboxylic acids is 1. The summed E-state index contributed by atoms with van der Waals surface area (Å²) in [7, 11) is 0. The lowest BCUT2D eigenvalue weighted by atomic mass is 9.77. The molecule has 3 N–H and O–H groups in total. The van der Waals surface area contributed by atoms with Gasteiger partial charge in [-0.15, -0.1) is 0 Å². The number of carbonyl (C=O) groups is 1. The number of amides is 1. The molecule has 0 aromatic carbocycles. The van der Waals surface area contributed by atoms with Crippen molar-refractivity contribution in [1.82, 2.24) is 10.6 Å². The lowest BCUT2D eigenvalue weighted by molar-refractivity contribution is -0.127. The molecule has 0 radical (unpaired) electrons. The molecule has 18 heavy (non-hydrogen) atoms. The zero-order chi connectivity index (χ0) is 13.2. The van der Waals surface area contributed by atoms with Crippen LogP contribution in [0.3, 0.4) is 0 Å². The molecule has 1 aliphatic heterocycles. The predicted octanol–water partition coefficient (Wildman–Crippen LogP) is 1.04. The van der Waals surface area contributed by atoms with Crippen molar-refractivity contribution in [3.63, 3.8) is 0 Å². The van der Waals surface area contributed by atoms with Gasteiger partial charge in [0.2, 0.25) is 5.91 Å². The Morgan fingerprint density at radius 3 is 2.83 bits per heavy atom. The number of piperidine rings is 1. The molecule has 1 amide bonds. The van der Waals surface area contributed by atoms with Crippen LogP contribution in [0.1, 0.15) is 46.0 Å².